The highest BCUT2D eigenvalue weighted by Gasteiger charge is 2.19. The number of aromatic nitrogens is 1. The van der Waals surface area contributed by atoms with Gasteiger partial charge in [-0.15, -0.1) is 4.89 Å². The lowest BCUT2D eigenvalue weighted by atomic mass is 10.0. The molecule has 0 bridgehead atoms. The van der Waals surface area contributed by atoms with Crippen LogP contribution in [0.1, 0.15) is 29.3 Å². The van der Waals surface area contributed by atoms with Gasteiger partial charge in [-0.1, -0.05) is 25.1 Å². The Morgan fingerprint density at radius 2 is 1.70 bits per heavy atom. The van der Waals surface area contributed by atoms with Gasteiger partial charge in [-0.2, -0.15) is 0 Å². The fourth-order valence-corrected chi connectivity index (χ4v) is 4.53. The first-order valence-corrected chi connectivity index (χ1v) is 13.6. The van der Waals surface area contributed by atoms with Crippen molar-refractivity contribution in [3.63, 3.8) is 0 Å². The summed E-state index contributed by atoms with van der Waals surface area (Å²) >= 11 is 0. The van der Waals surface area contributed by atoms with Crippen molar-refractivity contribution < 1.29 is 37.4 Å². The molecule has 4 aromatic rings. The molecule has 4 rings (SSSR count). The third-order valence-electron chi connectivity index (χ3n) is 6.13. The summed E-state index contributed by atoms with van der Waals surface area (Å²) in [6, 6.07) is 15.1. The Bertz CT molecular complexity index is 1570. The zero-order valence-electron chi connectivity index (χ0n) is 22.0. The zero-order valence-corrected chi connectivity index (χ0v) is 22.9. The van der Waals surface area contributed by atoms with Crippen LogP contribution in [0.3, 0.4) is 0 Å². The number of benzene rings is 3. The lowest BCUT2D eigenvalue weighted by Gasteiger charge is -2.18. The second-order valence-electron chi connectivity index (χ2n) is 8.78. The van der Waals surface area contributed by atoms with E-state index in [0.717, 1.165) is 6.42 Å². The molecule has 1 atom stereocenters. The van der Waals surface area contributed by atoms with Crippen molar-refractivity contribution in [2.45, 2.75) is 26.5 Å². The van der Waals surface area contributed by atoms with Crippen LogP contribution in [-0.4, -0.2) is 35.8 Å². The standard InChI is InChI=1S/C29H27FNO8P/c1-3-15-37-16-14-20-8-13-25(30)26-27(20)31(17-24(28(26)32)19-4-9-22(36-2)10-5-19)18-38-29(33)21-6-11-23(12-7-21)39-40(34)35/h4-13,17H,3,14-16,18H2,1-2H3/p+1. The Kier molecular flexibility index (Phi) is 9.60. The van der Waals surface area contributed by atoms with Gasteiger partial charge in [-0.3, -0.25) is 4.79 Å². The molecule has 0 aliphatic heterocycles. The highest BCUT2D eigenvalue weighted by Crippen LogP contribution is 2.27. The number of hydrogen-bond donors (Lipinski definition) is 1. The van der Waals surface area contributed by atoms with Crippen LogP contribution in [0.15, 0.2) is 71.7 Å². The number of esters is 1. The largest absolute Gasteiger partial charge is 0.747 e. The molecule has 9 nitrogen and oxygen atoms in total. The third kappa shape index (κ3) is 6.71. The molecule has 0 saturated heterocycles. The van der Waals surface area contributed by atoms with E-state index in [1.54, 1.807) is 41.1 Å². The van der Waals surface area contributed by atoms with Gasteiger partial charge in [-0.05, 0) is 66.4 Å². The maximum absolute atomic E-state index is 15.2. The summed E-state index contributed by atoms with van der Waals surface area (Å²) < 4.78 is 48.7. The van der Waals surface area contributed by atoms with Gasteiger partial charge in [0.1, 0.15) is 11.6 Å². The highest BCUT2D eigenvalue weighted by molar-refractivity contribution is 7.32. The molecule has 11 heteroatoms. The Morgan fingerprint density at radius 3 is 2.35 bits per heavy atom. The fraction of sp³-hybridized carbons (Fsp3) is 0.241. The molecule has 208 valence electrons. The molecule has 1 N–H and O–H groups in total. The predicted octanol–water partition coefficient (Wildman–Crippen LogP) is 5.63. The number of nitrogens with zero attached hydrogens (tertiary/aromatic N) is 1. The second-order valence-corrected chi connectivity index (χ2v) is 9.44. The summed E-state index contributed by atoms with van der Waals surface area (Å²) in [6.07, 6.45) is 2.81. The molecule has 0 amide bonds. The molecule has 0 radical (unpaired) electrons. The van der Waals surface area contributed by atoms with Gasteiger partial charge in [0.2, 0.25) is 0 Å². The molecule has 40 heavy (non-hydrogen) atoms. The van der Waals surface area contributed by atoms with Crippen LogP contribution in [0.25, 0.3) is 22.0 Å². The molecule has 0 saturated carbocycles. The van der Waals surface area contributed by atoms with Crippen LogP contribution in [0.5, 0.6) is 11.5 Å². The highest BCUT2D eigenvalue weighted by atomic mass is 31.1. The van der Waals surface area contributed by atoms with Crippen molar-refractivity contribution in [1.82, 2.24) is 4.57 Å². The van der Waals surface area contributed by atoms with Gasteiger partial charge in [0.15, 0.2) is 17.9 Å². The molecular weight excluding hydrogens is 540 g/mol. The predicted molar refractivity (Wildman–Crippen MR) is 147 cm³/mol. The molecule has 1 heterocycles. The van der Waals surface area contributed by atoms with Crippen molar-refractivity contribution in [3.05, 3.63) is 94.0 Å². The minimum absolute atomic E-state index is 0.112. The Morgan fingerprint density at radius 1 is 1.00 bits per heavy atom. The summed E-state index contributed by atoms with van der Waals surface area (Å²) in [5.41, 5.74) is 1.42. The summed E-state index contributed by atoms with van der Waals surface area (Å²) in [7, 11) is -1.31. The molecule has 3 aromatic carbocycles. The lowest BCUT2D eigenvalue weighted by Crippen LogP contribution is -2.18. The number of rotatable bonds is 12. The molecule has 0 aliphatic rings. The van der Waals surface area contributed by atoms with Gasteiger partial charge in [0, 0.05) is 22.9 Å². The number of fused-ring (bicyclic) bond motifs is 1. The fourth-order valence-electron chi connectivity index (χ4n) is 4.23. The average Bonchev–Trinajstić information content (AvgIpc) is 2.95. The molecule has 1 aromatic heterocycles. The summed E-state index contributed by atoms with van der Waals surface area (Å²) in [6.45, 7) is 2.63. The van der Waals surface area contributed by atoms with Crippen LogP contribution in [0.4, 0.5) is 4.39 Å². The van der Waals surface area contributed by atoms with E-state index < -0.39 is 25.5 Å². The Balaban J connectivity index is 1.74. The number of ether oxygens (including phenoxy) is 3. The minimum atomic E-state index is -2.84. The van der Waals surface area contributed by atoms with Crippen LogP contribution in [-0.2, 0) is 27.2 Å². The number of hydrogen-bond acceptors (Lipinski definition) is 7. The topological polar surface area (TPSA) is 113 Å². The van der Waals surface area contributed by atoms with Crippen LogP contribution < -0.4 is 14.7 Å². The SMILES string of the molecule is CCCOCCc1ccc(F)c2c(=O)c(-c3ccc(OC)cc3)cn(COC(=O)c3ccc(O[P+](=O)O)cc3)c12. The van der Waals surface area contributed by atoms with E-state index in [-0.39, 0.29) is 29.0 Å². The van der Waals surface area contributed by atoms with Crippen LogP contribution >= 0.6 is 8.25 Å². The maximum atomic E-state index is 15.2. The van der Waals surface area contributed by atoms with Crippen LogP contribution in [0.2, 0.25) is 0 Å². The quantitative estimate of drug-likeness (QED) is 0.133. The zero-order chi connectivity index (χ0) is 28.6. The van der Waals surface area contributed by atoms with Crippen molar-refractivity contribution in [1.29, 1.82) is 0 Å². The number of carbonyl (C=O) groups is 1. The Hall–Kier alpha value is -4.11. The summed E-state index contributed by atoms with van der Waals surface area (Å²) in [5, 5.41) is -0.114. The maximum Gasteiger partial charge on any atom is 0.747 e. The van der Waals surface area contributed by atoms with E-state index >= 15 is 4.39 Å². The first kappa shape index (κ1) is 28.9. The average molecular weight is 569 g/mol. The van der Waals surface area contributed by atoms with Gasteiger partial charge in [-0.25, -0.2) is 13.7 Å². The van der Waals surface area contributed by atoms with E-state index in [1.165, 1.54) is 37.4 Å². The molecule has 1 unspecified atom stereocenters. The number of halogens is 1. The molecule has 0 aliphatic carbocycles. The first-order valence-electron chi connectivity index (χ1n) is 12.5. The number of methoxy groups -OCH3 is 1. The molecular formula is C29H28FNO8P+. The third-order valence-corrected chi connectivity index (χ3v) is 6.49. The van der Waals surface area contributed by atoms with Crippen molar-refractivity contribution in [2.75, 3.05) is 20.3 Å². The summed E-state index contributed by atoms with van der Waals surface area (Å²) in [5.74, 6) is -0.670. The second kappa shape index (κ2) is 13.3. The van der Waals surface area contributed by atoms with E-state index in [2.05, 4.69) is 0 Å². The number of pyridine rings is 1. The van der Waals surface area contributed by atoms with Gasteiger partial charge < -0.3 is 18.8 Å². The van der Waals surface area contributed by atoms with Crippen molar-refractivity contribution in [3.8, 4) is 22.6 Å². The van der Waals surface area contributed by atoms with Gasteiger partial charge >= 0.3 is 14.2 Å². The van der Waals surface area contributed by atoms with E-state index in [0.29, 0.717) is 42.0 Å². The van der Waals surface area contributed by atoms with Crippen molar-refractivity contribution in [2.24, 2.45) is 0 Å². The normalized spacial score (nSPS) is 11.3. The minimum Gasteiger partial charge on any atom is -0.497 e. The molecule has 0 spiro atoms. The first-order chi connectivity index (χ1) is 19.3. The monoisotopic (exact) mass is 568 g/mol. The van der Waals surface area contributed by atoms with Crippen molar-refractivity contribution >= 4 is 25.1 Å². The van der Waals surface area contributed by atoms with E-state index in [4.69, 9.17) is 23.6 Å². The molecule has 0 fully saturated rings. The van der Waals surface area contributed by atoms with Gasteiger partial charge in [0.25, 0.3) is 0 Å². The summed E-state index contributed by atoms with van der Waals surface area (Å²) in [4.78, 5) is 35.3. The smallest absolute Gasteiger partial charge is 0.497 e. The Labute approximate surface area is 230 Å². The van der Waals surface area contributed by atoms with Gasteiger partial charge in [0.05, 0.1) is 30.2 Å². The lowest BCUT2D eigenvalue weighted by molar-refractivity contribution is 0.0378. The van der Waals surface area contributed by atoms with E-state index in [9.17, 15) is 14.2 Å². The number of carbonyl (C=O) groups excluding carboxylic acids is 1. The van der Waals surface area contributed by atoms with E-state index in [1.807, 2.05) is 6.92 Å². The van der Waals surface area contributed by atoms with Crippen LogP contribution in [0, 0.1) is 5.82 Å².